The lowest BCUT2D eigenvalue weighted by atomic mass is 10.0. The van der Waals surface area contributed by atoms with Crippen LogP contribution in [0, 0.1) is 0 Å². The first kappa shape index (κ1) is 83.4. The zero-order valence-corrected chi connectivity index (χ0v) is 57.5. The second kappa shape index (κ2) is 66.8. The van der Waals surface area contributed by atoms with Gasteiger partial charge in [0.1, 0.15) is 19.8 Å². The van der Waals surface area contributed by atoms with Crippen LogP contribution in [-0.2, 0) is 32.7 Å². The summed E-state index contributed by atoms with van der Waals surface area (Å²) in [4.78, 5) is 38.1. The van der Waals surface area contributed by atoms with Crippen LogP contribution in [0.15, 0.2) is 170 Å². The van der Waals surface area contributed by atoms with E-state index in [1.807, 2.05) is 21.1 Å². The molecule has 0 N–H and O–H groups in total. The number of nitrogens with zero attached hydrogens (tertiary/aromatic N) is 1. The highest BCUT2D eigenvalue weighted by molar-refractivity contribution is 7.45. The second-order valence-electron chi connectivity index (χ2n) is 23.8. The van der Waals surface area contributed by atoms with Crippen LogP contribution < -0.4 is 4.89 Å². The molecule has 0 rings (SSSR count). The molecule has 0 aromatic heterocycles. The Labute approximate surface area is 540 Å². The number of likely N-dealkylation sites (N-methyl/N-ethyl adjacent to an activating group) is 1. The lowest BCUT2D eigenvalue weighted by molar-refractivity contribution is -0.870. The Morgan fingerprint density at radius 2 is 0.614 bits per heavy atom. The fraction of sp³-hybridized carbons (Fsp3) is 0.615. The van der Waals surface area contributed by atoms with Crippen molar-refractivity contribution in [3.05, 3.63) is 170 Å². The number of hydrogen-bond acceptors (Lipinski definition) is 8. The van der Waals surface area contributed by atoms with E-state index >= 15 is 0 Å². The Morgan fingerprint density at radius 1 is 0.352 bits per heavy atom. The summed E-state index contributed by atoms with van der Waals surface area (Å²) in [6.45, 7) is 3.99. The van der Waals surface area contributed by atoms with Gasteiger partial charge in [-0.05, 0) is 128 Å². The molecule has 0 aromatic rings. The molecule has 0 heterocycles. The summed E-state index contributed by atoms with van der Waals surface area (Å²) >= 11 is 0. The average molecular weight is 1240 g/mol. The zero-order valence-electron chi connectivity index (χ0n) is 56.6. The topological polar surface area (TPSA) is 111 Å². The largest absolute Gasteiger partial charge is 0.756 e. The third-order valence-corrected chi connectivity index (χ3v) is 15.2. The zero-order chi connectivity index (χ0) is 64.1. The summed E-state index contributed by atoms with van der Waals surface area (Å²) in [7, 11) is 1.14. The highest BCUT2D eigenvalue weighted by Crippen LogP contribution is 2.38. The second-order valence-corrected chi connectivity index (χ2v) is 25.2. The Hall–Kier alpha value is -4.63. The molecule has 0 amide bonds. The molecule has 88 heavy (non-hydrogen) atoms. The van der Waals surface area contributed by atoms with Crippen molar-refractivity contribution in [1.82, 2.24) is 0 Å². The predicted molar refractivity (Wildman–Crippen MR) is 378 cm³/mol. The van der Waals surface area contributed by atoms with Crippen LogP contribution in [-0.4, -0.2) is 70.0 Å². The van der Waals surface area contributed by atoms with Gasteiger partial charge in [-0.2, -0.15) is 0 Å². The molecule has 0 radical (unpaired) electrons. The lowest BCUT2D eigenvalue weighted by Gasteiger charge is -2.28. The van der Waals surface area contributed by atoms with Gasteiger partial charge in [0.15, 0.2) is 6.10 Å². The van der Waals surface area contributed by atoms with Gasteiger partial charge in [0, 0.05) is 12.8 Å². The summed E-state index contributed by atoms with van der Waals surface area (Å²) in [5, 5.41) is 0. The summed E-state index contributed by atoms with van der Waals surface area (Å²) in [6, 6.07) is 0. The van der Waals surface area contributed by atoms with Crippen LogP contribution in [0.4, 0.5) is 0 Å². The van der Waals surface area contributed by atoms with Gasteiger partial charge in [0.25, 0.3) is 7.82 Å². The van der Waals surface area contributed by atoms with Crippen molar-refractivity contribution in [3.8, 4) is 0 Å². The highest BCUT2D eigenvalue weighted by Gasteiger charge is 2.22. The van der Waals surface area contributed by atoms with E-state index in [4.69, 9.17) is 18.5 Å². The van der Waals surface area contributed by atoms with Gasteiger partial charge in [-0.25, -0.2) is 0 Å². The van der Waals surface area contributed by atoms with E-state index in [9.17, 15) is 19.0 Å². The molecular formula is C78H128NO8P. The molecule has 0 fully saturated rings. The summed E-state index contributed by atoms with van der Waals surface area (Å²) < 4.78 is 34.3. The number of phosphoric ester groups is 1. The molecule has 0 bridgehead atoms. The first-order chi connectivity index (χ1) is 43.0. The van der Waals surface area contributed by atoms with Crippen molar-refractivity contribution < 1.29 is 42.1 Å². The number of hydrogen-bond donors (Lipinski definition) is 0. The lowest BCUT2D eigenvalue weighted by Crippen LogP contribution is -2.37. The average Bonchev–Trinajstić information content (AvgIpc) is 3.68. The van der Waals surface area contributed by atoms with Crippen LogP contribution >= 0.6 is 7.82 Å². The normalized spacial score (nSPS) is 14.2. The predicted octanol–water partition coefficient (Wildman–Crippen LogP) is 22.3. The summed E-state index contributed by atoms with van der Waals surface area (Å²) in [6.07, 6.45) is 101. The molecule has 2 atom stereocenters. The molecule has 0 aliphatic rings. The van der Waals surface area contributed by atoms with Crippen LogP contribution in [0.2, 0.25) is 0 Å². The number of rotatable bonds is 62. The van der Waals surface area contributed by atoms with E-state index in [0.29, 0.717) is 23.9 Å². The van der Waals surface area contributed by atoms with E-state index in [0.717, 1.165) is 141 Å². The minimum atomic E-state index is -4.66. The van der Waals surface area contributed by atoms with E-state index in [1.165, 1.54) is 77.0 Å². The van der Waals surface area contributed by atoms with Crippen molar-refractivity contribution in [2.24, 2.45) is 0 Å². The van der Waals surface area contributed by atoms with E-state index in [2.05, 4.69) is 184 Å². The fourth-order valence-electron chi connectivity index (χ4n) is 8.97. The Morgan fingerprint density at radius 3 is 0.909 bits per heavy atom. The Bertz CT molecular complexity index is 2090. The van der Waals surface area contributed by atoms with Crippen LogP contribution in [0.3, 0.4) is 0 Å². The van der Waals surface area contributed by atoms with Crippen molar-refractivity contribution in [3.63, 3.8) is 0 Å². The van der Waals surface area contributed by atoms with Gasteiger partial charge in [-0.3, -0.25) is 14.2 Å². The van der Waals surface area contributed by atoms with Gasteiger partial charge in [-0.1, -0.05) is 287 Å². The van der Waals surface area contributed by atoms with Gasteiger partial charge < -0.3 is 27.9 Å². The molecule has 9 nitrogen and oxygen atoms in total. The number of allylic oxidation sites excluding steroid dienone is 28. The molecule has 0 aliphatic heterocycles. The van der Waals surface area contributed by atoms with Crippen molar-refractivity contribution in [2.45, 2.75) is 264 Å². The number of esters is 2. The van der Waals surface area contributed by atoms with Crippen molar-refractivity contribution >= 4 is 19.8 Å². The number of ether oxygens (including phenoxy) is 2. The third-order valence-electron chi connectivity index (χ3n) is 14.2. The standard InChI is InChI=1S/C78H128NO8P/c1-6-8-10-12-14-16-18-20-22-24-26-28-30-32-33-34-35-36-37-38-39-40-41-42-43-44-45-47-49-51-53-55-57-59-61-63-65-67-69-71-78(81)87-76(75-86-88(82,83)85-73-72-79(3,4)5)74-84-77(80)70-68-66-64-62-60-58-56-54-52-50-48-46-31-29-27-25-23-21-19-17-15-13-11-9-7-2/h8-11,14-17,20-23,26-29,32-33,35-36,38-39,41-42,44-46,48,76H,6-7,12-13,18-19,24-25,30-31,34,37,40,43,47,49-75H2,1-5H3/b10-8-,11-9-,16-14-,17-15-,22-20-,23-21-,28-26-,29-27-,33-32-,36-35-,39-38-,42-41-,45-44-,48-46-. The van der Waals surface area contributed by atoms with E-state index < -0.39 is 32.5 Å². The maximum absolute atomic E-state index is 12.9. The smallest absolute Gasteiger partial charge is 0.306 e. The molecular weight excluding hydrogens is 1110 g/mol. The SMILES string of the molecule is CC/C=C\C/C=C\C/C=C\C/C=C\C/C=C\C/C=C\C/C=C\C/C=C\C/C=C\CCCCCCCCCCCCCC(=O)OC(COC(=O)CCCCCCCCCCC/C=C\C/C=C\C/C=C\C/C=C\C/C=C\CC)COP(=O)([O-])OCC[N+](C)(C)C. The first-order valence-corrected chi connectivity index (χ1v) is 36.3. The first-order valence-electron chi connectivity index (χ1n) is 34.8. The van der Waals surface area contributed by atoms with Gasteiger partial charge >= 0.3 is 11.9 Å². The van der Waals surface area contributed by atoms with Crippen molar-refractivity contribution in [2.75, 3.05) is 47.5 Å². The van der Waals surface area contributed by atoms with E-state index in [1.54, 1.807) is 0 Å². The monoisotopic (exact) mass is 1240 g/mol. The van der Waals surface area contributed by atoms with Gasteiger partial charge in [0.05, 0.1) is 27.7 Å². The maximum atomic E-state index is 12.9. The highest BCUT2D eigenvalue weighted by atomic mass is 31.2. The van der Waals surface area contributed by atoms with E-state index in [-0.39, 0.29) is 26.1 Å². The number of quaternary nitrogens is 1. The molecule has 498 valence electrons. The van der Waals surface area contributed by atoms with Crippen molar-refractivity contribution in [1.29, 1.82) is 0 Å². The fourth-order valence-corrected chi connectivity index (χ4v) is 9.70. The number of carbonyl (C=O) groups is 2. The Kier molecular flexibility index (Phi) is 63.3. The summed E-state index contributed by atoms with van der Waals surface area (Å²) in [5.74, 6) is -0.852. The van der Waals surface area contributed by atoms with Gasteiger partial charge in [0.2, 0.25) is 0 Å². The van der Waals surface area contributed by atoms with Crippen LogP contribution in [0.25, 0.3) is 0 Å². The number of phosphoric acid groups is 1. The van der Waals surface area contributed by atoms with Gasteiger partial charge in [-0.15, -0.1) is 0 Å². The number of unbranched alkanes of at least 4 members (excludes halogenated alkanes) is 20. The molecule has 10 heteroatoms. The minimum absolute atomic E-state index is 0.0407. The summed E-state index contributed by atoms with van der Waals surface area (Å²) in [5.41, 5.74) is 0. The molecule has 0 aromatic carbocycles. The molecule has 0 spiro atoms. The minimum Gasteiger partial charge on any atom is -0.756 e. The number of carbonyl (C=O) groups excluding carboxylic acids is 2. The maximum Gasteiger partial charge on any atom is 0.306 e. The van der Waals surface area contributed by atoms with Crippen LogP contribution in [0.5, 0.6) is 0 Å². The quantitative estimate of drug-likeness (QED) is 0.0195. The Balaban J connectivity index is 4.12. The molecule has 0 aliphatic carbocycles. The van der Waals surface area contributed by atoms with Crippen LogP contribution in [0.1, 0.15) is 258 Å². The molecule has 0 saturated heterocycles. The molecule has 2 unspecified atom stereocenters. The third kappa shape index (κ3) is 70.5. The molecule has 0 saturated carbocycles.